The van der Waals surface area contributed by atoms with E-state index >= 15 is 0 Å². The summed E-state index contributed by atoms with van der Waals surface area (Å²) in [5, 5.41) is 11.6. The van der Waals surface area contributed by atoms with Crippen LogP contribution in [-0.2, 0) is 14.4 Å². The van der Waals surface area contributed by atoms with Crippen molar-refractivity contribution in [2.45, 2.75) is 55.6 Å². The average molecular weight is 590 g/mol. The Morgan fingerprint density at radius 2 is 1.83 bits per heavy atom. The molecular weight excluding hydrogens is 546 g/mol. The van der Waals surface area contributed by atoms with Crippen molar-refractivity contribution >= 4 is 45.9 Å². The number of aliphatic hydroxyl groups excluding tert-OH is 1. The SMILES string of the molecule is C=CCN(CCC)C(=O)[C@@H]1[C@H]2C(=O)N(CCCCO)C(C(=O)N(CC=C)c3ccc4ccccc4c3)C23S[C@@H]1CC3C. The van der Waals surface area contributed by atoms with E-state index in [4.69, 9.17) is 0 Å². The maximum Gasteiger partial charge on any atom is 0.251 e. The van der Waals surface area contributed by atoms with Crippen molar-refractivity contribution in [1.29, 1.82) is 0 Å². The Balaban J connectivity index is 1.58. The molecule has 42 heavy (non-hydrogen) atoms. The predicted molar refractivity (Wildman–Crippen MR) is 170 cm³/mol. The molecule has 224 valence electrons. The van der Waals surface area contributed by atoms with Crippen LogP contribution in [0.5, 0.6) is 0 Å². The standard InChI is InChI=1S/C34H43N3O4S/c1-5-16-35(17-6-2)31(39)28-27-21-23(4)34(42-27)29(28)32(40)37(19-10-11-20-38)30(34)33(41)36(18-7-3)26-15-14-24-12-8-9-13-25(24)22-26/h5,7-9,12-15,22-23,27-30,38H,1,3,6,10-11,16-21H2,2,4H3/t23?,27-,28+,29+,30?,34?/m1/s1. The molecule has 8 heteroatoms. The molecule has 2 bridgehead atoms. The summed E-state index contributed by atoms with van der Waals surface area (Å²) in [5.74, 6) is -1.16. The normalized spacial score (nSPS) is 27.7. The number of thioether (sulfide) groups is 1. The minimum Gasteiger partial charge on any atom is -0.396 e. The van der Waals surface area contributed by atoms with Gasteiger partial charge in [-0.2, -0.15) is 0 Å². The van der Waals surface area contributed by atoms with E-state index in [9.17, 15) is 19.5 Å². The van der Waals surface area contributed by atoms with Crippen molar-refractivity contribution in [3.05, 3.63) is 67.8 Å². The van der Waals surface area contributed by atoms with E-state index in [2.05, 4.69) is 20.1 Å². The number of anilines is 1. The highest BCUT2D eigenvalue weighted by Gasteiger charge is 2.76. The minimum absolute atomic E-state index is 0.00209. The van der Waals surface area contributed by atoms with Crippen molar-refractivity contribution in [2.75, 3.05) is 37.7 Å². The first-order valence-electron chi connectivity index (χ1n) is 15.2. The van der Waals surface area contributed by atoms with E-state index in [0.717, 1.165) is 29.3 Å². The van der Waals surface area contributed by atoms with Gasteiger partial charge in [0.1, 0.15) is 6.04 Å². The van der Waals surface area contributed by atoms with Crippen LogP contribution in [0.1, 0.15) is 39.5 Å². The Morgan fingerprint density at radius 3 is 2.52 bits per heavy atom. The molecule has 3 fully saturated rings. The molecule has 1 N–H and O–H groups in total. The van der Waals surface area contributed by atoms with Crippen LogP contribution in [0.3, 0.4) is 0 Å². The smallest absolute Gasteiger partial charge is 0.251 e. The second-order valence-corrected chi connectivity index (χ2v) is 13.4. The lowest BCUT2D eigenvalue weighted by Crippen LogP contribution is -2.57. The number of amides is 3. The third-order valence-corrected chi connectivity index (χ3v) is 11.4. The molecule has 3 aliphatic rings. The van der Waals surface area contributed by atoms with E-state index in [1.165, 1.54) is 0 Å². The Kier molecular flexibility index (Phi) is 9.14. The summed E-state index contributed by atoms with van der Waals surface area (Å²) < 4.78 is -0.694. The van der Waals surface area contributed by atoms with Crippen LogP contribution in [-0.4, -0.2) is 81.5 Å². The van der Waals surface area contributed by atoms with Gasteiger partial charge in [-0.25, -0.2) is 0 Å². The minimum atomic E-state index is -0.707. The van der Waals surface area contributed by atoms with E-state index in [-0.39, 0.29) is 35.5 Å². The third-order valence-electron chi connectivity index (χ3n) is 9.35. The van der Waals surface area contributed by atoms with Gasteiger partial charge in [0.25, 0.3) is 5.91 Å². The molecule has 3 aliphatic heterocycles. The fourth-order valence-electron chi connectivity index (χ4n) is 7.59. The van der Waals surface area contributed by atoms with E-state index in [0.29, 0.717) is 39.0 Å². The summed E-state index contributed by atoms with van der Waals surface area (Å²) >= 11 is 1.71. The molecule has 3 saturated heterocycles. The first-order valence-corrected chi connectivity index (χ1v) is 16.1. The maximum absolute atomic E-state index is 14.9. The van der Waals surface area contributed by atoms with Crippen LogP contribution in [0.4, 0.5) is 5.69 Å². The van der Waals surface area contributed by atoms with Crippen molar-refractivity contribution in [2.24, 2.45) is 17.8 Å². The van der Waals surface area contributed by atoms with Crippen molar-refractivity contribution in [3.63, 3.8) is 0 Å². The molecule has 0 radical (unpaired) electrons. The first-order chi connectivity index (χ1) is 20.3. The predicted octanol–water partition coefficient (Wildman–Crippen LogP) is 4.89. The zero-order valence-electron chi connectivity index (χ0n) is 24.8. The number of fused-ring (bicyclic) bond motifs is 2. The van der Waals surface area contributed by atoms with Gasteiger partial charge in [0.05, 0.1) is 16.6 Å². The first kappa shape index (κ1) is 30.4. The number of benzene rings is 2. The van der Waals surface area contributed by atoms with Gasteiger partial charge in [0, 0.05) is 43.7 Å². The highest BCUT2D eigenvalue weighted by molar-refractivity contribution is 8.02. The van der Waals surface area contributed by atoms with Crippen molar-refractivity contribution in [3.8, 4) is 0 Å². The number of unbranched alkanes of at least 4 members (excludes halogenated alkanes) is 1. The summed E-state index contributed by atoms with van der Waals surface area (Å²) in [6.07, 6.45) is 6.22. The van der Waals surface area contributed by atoms with E-state index < -0.39 is 22.6 Å². The topological polar surface area (TPSA) is 81.2 Å². The average Bonchev–Trinajstić information content (AvgIpc) is 3.58. The molecule has 3 unspecified atom stereocenters. The van der Waals surface area contributed by atoms with Gasteiger partial charge >= 0.3 is 0 Å². The Labute approximate surface area is 253 Å². The lowest BCUT2D eigenvalue weighted by Gasteiger charge is -2.41. The van der Waals surface area contributed by atoms with Gasteiger partial charge < -0.3 is 19.8 Å². The number of carbonyl (C=O) groups is 3. The number of nitrogens with zero attached hydrogens (tertiary/aromatic N) is 3. The van der Waals surface area contributed by atoms with E-state index in [1.54, 1.807) is 33.7 Å². The fraction of sp³-hybridized carbons (Fsp3) is 0.500. The van der Waals surface area contributed by atoms with Crippen molar-refractivity contribution in [1.82, 2.24) is 9.80 Å². The molecule has 3 amide bonds. The van der Waals surface area contributed by atoms with Crippen LogP contribution in [0.25, 0.3) is 10.8 Å². The molecular formula is C34H43N3O4S. The number of aliphatic hydroxyl groups is 1. The summed E-state index contributed by atoms with van der Waals surface area (Å²) in [4.78, 5) is 48.7. The Hall–Kier alpha value is -3.10. The highest BCUT2D eigenvalue weighted by atomic mass is 32.2. The molecule has 2 aromatic rings. The summed E-state index contributed by atoms with van der Waals surface area (Å²) in [6.45, 7) is 13.7. The number of hydrogen-bond acceptors (Lipinski definition) is 5. The van der Waals surface area contributed by atoms with Crippen LogP contribution in [0.2, 0.25) is 0 Å². The Bertz CT molecular complexity index is 1360. The summed E-state index contributed by atoms with van der Waals surface area (Å²) in [7, 11) is 0. The van der Waals surface area contributed by atoms with Gasteiger partial charge in [0.2, 0.25) is 11.8 Å². The maximum atomic E-state index is 14.9. The van der Waals surface area contributed by atoms with Gasteiger partial charge in [-0.15, -0.1) is 24.9 Å². The molecule has 6 atom stereocenters. The van der Waals surface area contributed by atoms with Crippen LogP contribution in [0.15, 0.2) is 67.8 Å². The number of likely N-dealkylation sites (tertiary alicyclic amines) is 1. The zero-order valence-corrected chi connectivity index (χ0v) is 25.6. The molecule has 0 aromatic heterocycles. The van der Waals surface area contributed by atoms with Crippen LogP contribution < -0.4 is 4.90 Å². The number of rotatable bonds is 13. The second-order valence-electron chi connectivity index (χ2n) is 11.9. The molecule has 1 spiro atoms. The quantitative estimate of drug-likeness (QED) is 0.266. The van der Waals surface area contributed by atoms with E-state index in [1.807, 2.05) is 54.3 Å². The lowest BCUT2D eigenvalue weighted by atomic mass is 9.65. The second kappa shape index (κ2) is 12.6. The molecule has 2 aromatic carbocycles. The molecule has 7 nitrogen and oxygen atoms in total. The van der Waals surface area contributed by atoms with Crippen LogP contribution >= 0.6 is 11.8 Å². The molecule has 0 saturated carbocycles. The zero-order chi connectivity index (χ0) is 30.0. The van der Waals surface area contributed by atoms with Gasteiger partial charge in [0.15, 0.2) is 0 Å². The third kappa shape index (κ3) is 4.96. The fourth-order valence-corrected chi connectivity index (χ4v) is 10.00. The molecule has 3 heterocycles. The summed E-state index contributed by atoms with van der Waals surface area (Å²) in [5.41, 5.74) is 0.763. The monoisotopic (exact) mass is 589 g/mol. The number of carbonyl (C=O) groups excluding carboxylic acids is 3. The van der Waals surface area contributed by atoms with Crippen molar-refractivity contribution < 1.29 is 19.5 Å². The van der Waals surface area contributed by atoms with Crippen LogP contribution in [0, 0.1) is 17.8 Å². The largest absolute Gasteiger partial charge is 0.396 e. The molecule has 0 aliphatic carbocycles. The molecule has 5 rings (SSSR count). The van der Waals surface area contributed by atoms with Gasteiger partial charge in [-0.3, -0.25) is 14.4 Å². The highest BCUT2D eigenvalue weighted by Crippen LogP contribution is 2.69. The number of hydrogen-bond donors (Lipinski definition) is 1. The Morgan fingerprint density at radius 1 is 1.10 bits per heavy atom. The summed E-state index contributed by atoms with van der Waals surface area (Å²) in [6, 6.07) is 13.3. The lowest BCUT2D eigenvalue weighted by molar-refractivity contribution is -0.144. The van der Waals surface area contributed by atoms with Gasteiger partial charge in [-0.05, 0) is 54.5 Å². The van der Waals surface area contributed by atoms with Gasteiger partial charge in [-0.1, -0.05) is 56.3 Å².